The van der Waals surface area contributed by atoms with Crippen molar-refractivity contribution in [1.29, 1.82) is 0 Å². The molecule has 0 spiro atoms. The number of nitrogens with zero attached hydrogens (tertiary/aromatic N) is 1. The first kappa shape index (κ1) is 16.1. The van der Waals surface area contributed by atoms with Gasteiger partial charge in [-0.1, -0.05) is 43.7 Å². The molecule has 0 bridgehead atoms. The Morgan fingerprint density at radius 3 is 2.47 bits per heavy atom. The summed E-state index contributed by atoms with van der Waals surface area (Å²) in [4.78, 5) is 14.1. The molecule has 106 valence electrons. The Morgan fingerprint density at radius 2 is 1.95 bits per heavy atom. The average molecular weight is 299 g/mol. The van der Waals surface area contributed by atoms with Crippen LogP contribution in [0, 0.1) is 0 Å². The van der Waals surface area contributed by atoms with Crippen LogP contribution in [0.25, 0.3) is 0 Å². The lowest BCUT2D eigenvalue weighted by molar-refractivity contribution is 0.224. The van der Waals surface area contributed by atoms with Gasteiger partial charge in [0.15, 0.2) is 0 Å². The van der Waals surface area contributed by atoms with Crippen molar-refractivity contribution >= 4 is 24.9 Å². The summed E-state index contributed by atoms with van der Waals surface area (Å²) in [5.74, 6) is 0.538. The zero-order chi connectivity index (χ0) is 14.1. The number of carbonyl (C=O) groups is 1. The third-order valence-electron chi connectivity index (χ3n) is 2.84. The molecule has 3 nitrogen and oxygen atoms in total. The number of unbranched alkanes of at least 4 members (excludes halogenated alkanes) is 1. The van der Waals surface area contributed by atoms with Gasteiger partial charge in [0.05, 0.1) is 0 Å². The van der Waals surface area contributed by atoms with Crippen LogP contribution in [0.4, 0.5) is 4.79 Å². The molecule has 19 heavy (non-hydrogen) atoms. The fourth-order valence-corrected chi connectivity index (χ4v) is 3.99. The lowest BCUT2D eigenvalue weighted by Gasteiger charge is -2.21. The van der Waals surface area contributed by atoms with E-state index in [2.05, 4.69) is 6.92 Å². The molecule has 1 rings (SSSR count). The average Bonchev–Trinajstić information content (AvgIpc) is 2.46. The molecule has 1 amide bonds. The van der Waals surface area contributed by atoms with Crippen molar-refractivity contribution in [3.05, 3.63) is 35.9 Å². The van der Waals surface area contributed by atoms with Gasteiger partial charge in [-0.25, -0.2) is 4.21 Å². The van der Waals surface area contributed by atoms with Gasteiger partial charge in [-0.15, -0.1) is 0 Å². The van der Waals surface area contributed by atoms with Crippen LogP contribution in [0.5, 0.6) is 0 Å². The van der Waals surface area contributed by atoms with E-state index in [1.807, 2.05) is 37.3 Å². The standard InChI is InChI=1S/C14H21NO2S2/c1-3-5-11-15(4-2)14(16)19(18-17)12-13-9-7-6-8-10-13/h6-10H,3-5,11-12H2,1-2H3. The van der Waals surface area contributed by atoms with Crippen molar-refractivity contribution in [2.45, 2.75) is 32.4 Å². The zero-order valence-electron chi connectivity index (χ0n) is 11.5. The highest BCUT2D eigenvalue weighted by atomic mass is 32.8. The Balaban J connectivity index is 2.74. The van der Waals surface area contributed by atoms with Crippen LogP contribution in [0.3, 0.4) is 0 Å². The molecule has 0 aromatic heterocycles. The predicted molar refractivity (Wildman–Crippen MR) is 83.2 cm³/mol. The summed E-state index contributed by atoms with van der Waals surface area (Å²) in [6, 6.07) is 9.74. The molecule has 0 aliphatic heterocycles. The van der Waals surface area contributed by atoms with Crippen molar-refractivity contribution in [3.8, 4) is 0 Å². The highest BCUT2D eigenvalue weighted by Gasteiger charge is 2.16. The smallest absolute Gasteiger partial charge is 0.288 e. The van der Waals surface area contributed by atoms with E-state index in [-0.39, 0.29) is 5.24 Å². The number of benzene rings is 1. The minimum Gasteiger partial charge on any atom is -0.334 e. The summed E-state index contributed by atoms with van der Waals surface area (Å²) in [6.45, 7) is 5.50. The molecule has 5 heteroatoms. The third kappa shape index (κ3) is 5.28. The van der Waals surface area contributed by atoms with Crippen LogP contribution >= 0.6 is 0 Å². The van der Waals surface area contributed by atoms with Crippen molar-refractivity contribution in [1.82, 2.24) is 4.90 Å². The molecule has 1 unspecified atom stereocenters. The Labute approximate surface area is 120 Å². The summed E-state index contributed by atoms with van der Waals surface area (Å²) in [5, 5.41) is -0.000182. The fraction of sp³-hybridized carbons (Fsp3) is 0.500. The Morgan fingerprint density at radius 1 is 1.26 bits per heavy atom. The molecular weight excluding hydrogens is 278 g/mol. The van der Waals surface area contributed by atoms with Gasteiger partial charge in [0.25, 0.3) is 5.24 Å². The first-order valence-corrected chi connectivity index (χ1v) is 9.22. The van der Waals surface area contributed by atoms with Crippen LogP contribution in [0.2, 0.25) is 0 Å². The molecule has 0 aliphatic carbocycles. The van der Waals surface area contributed by atoms with Crippen LogP contribution in [-0.4, -0.2) is 27.4 Å². The van der Waals surface area contributed by atoms with Gasteiger partial charge >= 0.3 is 0 Å². The minimum atomic E-state index is -0.812. The molecule has 0 aliphatic rings. The number of rotatable bonds is 6. The second-order valence-electron chi connectivity index (χ2n) is 4.24. The largest absolute Gasteiger partial charge is 0.334 e. The van der Waals surface area contributed by atoms with Gasteiger partial charge in [0.2, 0.25) is 0 Å². The summed E-state index contributed by atoms with van der Waals surface area (Å²) in [5.41, 5.74) is 1.05. The van der Waals surface area contributed by atoms with Crippen LogP contribution < -0.4 is 0 Å². The maximum atomic E-state index is 12.3. The van der Waals surface area contributed by atoms with Gasteiger partial charge in [-0.2, -0.15) is 0 Å². The monoisotopic (exact) mass is 299 g/mol. The first-order valence-electron chi connectivity index (χ1n) is 6.56. The second-order valence-corrected chi connectivity index (χ2v) is 7.32. The van der Waals surface area contributed by atoms with Crippen LogP contribution in [0.15, 0.2) is 30.3 Å². The van der Waals surface area contributed by atoms with E-state index in [1.165, 1.54) is 0 Å². The van der Waals surface area contributed by atoms with Crippen molar-refractivity contribution in [3.63, 3.8) is 0 Å². The zero-order valence-corrected chi connectivity index (χ0v) is 13.1. The first-order chi connectivity index (χ1) is 9.22. The quantitative estimate of drug-likeness (QED) is 0.809. The normalized spacial score (nSPS) is 11.9. The molecule has 1 aromatic rings. The van der Waals surface area contributed by atoms with Crippen molar-refractivity contribution < 1.29 is 9.00 Å². The van der Waals surface area contributed by atoms with Gasteiger partial charge in [0, 0.05) is 28.3 Å². The summed E-state index contributed by atoms with van der Waals surface area (Å²) in [7, 11) is -0.376. The van der Waals surface area contributed by atoms with Gasteiger partial charge in [0.1, 0.15) is 10.2 Å². The van der Waals surface area contributed by atoms with Gasteiger partial charge in [-0.05, 0) is 18.9 Å². The number of hydrogen-bond acceptors (Lipinski definition) is 2. The number of amides is 1. The molecule has 0 radical (unpaired) electrons. The molecular formula is C14H21NO2S2. The van der Waals surface area contributed by atoms with Crippen molar-refractivity contribution in [2.75, 3.05) is 13.1 Å². The Hall–Kier alpha value is -0.940. The van der Waals surface area contributed by atoms with Crippen LogP contribution in [-0.2, 0) is 25.4 Å². The molecule has 0 heterocycles. The maximum Gasteiger partial charge on any atom is 0.288 e. The molecule has 0 saturated heterocycles. The predicted octanol–water partition coefficient (Wildman–Crippen LogP) is 3.17. The fourth-order valence-electron chi connectivity index (χ4n) is 1.71. The molecule has 1 atom stereocenters. The number of carbonyl (C=O) groups excluding carboxylic acids is 1. The topological polar surface area (TPSA) is 37.4 Å². The molecule has 1 aromatic carbocycles. The lowest BCUT2D eigenvalue weighted by Crippen LogP contribution is -2.33. The summed E-state index contributed by atoms with van der Waals surface area (Å²) >= 11 is 0. The van der Waals surface area contributed by atoms with Gasteiger partial charge < -0.3 is 4.90 Å². The van der Waals surface area contributed by atoms with Crippen molar-refractivity contribution in [2.24, 2.45) is 0 Å². The molecule has 0 fully saturated rings. The SMILES string of the molecule is CCCCN(CC)C(=O)S(Cc1ccccc1)=S=O. The second kappa shape index (κ2) is 9.04. The summed E-state index contributed by atoms with van der Waals surface area (Å²) < 4.78 is 11.3. The number of hydrogen-bond donors (Lipinski definition) is 0. The maximum absolute atomic E-state index is 12.3. The summed E-state index contributed by atoms with van der Waals surface area (Å²) in [6.07, 6.45) is 2.05. The minimum absolute atomic E-state index is 0.000182. The Kier molecular flexibility index (Phi) is 7.67. The van der Waals surface area contributed by atoms with E-state index in [0.29, 0.717) is 22.5 Å². The van der Waals surface area contributed by atoms with E-state index in [4.69, 9.17) is 0 Å². The van der Waals surface area contributed by atoms with Crippen LogP contribution in [0.1, 0.15) is 32.3 Å². The van der Waals surface area contributed by atoms with E-state index in [0.717, 1.165) is 24.9 Å². The molecule has 0 N–H and O–H groups in total. The van der Waals surface area contributed by atoms with E-state index >= 15 is 0 Å². The van der Waals surface area contributed by atoms with E-state index in [1.54, 1.807) is 4.90 Å². The third-order valence-corrected chi connectivity index (χ3v) is 5.52. The molecule has 0 saturated carbocycles. The lowest BCUT2D eigenvalue weighted by atomic mass is 10.2. The highest BCUT2D eigenvalue weighted by Crippen LogP contribution is 2.08. The van der Waals surface area contributed by atoms with E-state index < -0.39 is 9.45 Å². The Bertz CT molecular complexity index is 456. The van der Waals surface area contributed by atoms with Gasteiger partial charge in [-0.3, -0.25) is 4.79 Å². The highest BCUT2D eigenvalue weighted by molar-refractivity contribution is 8.38. The van der Waals surface area contributed by atoms with E-state index in [9.17, 15) is 9.00 Å².